The van der Waals surface area contributed by atoms with Crippen LogP contribution < -0.4 is 15.0 Å². The number of nitrogens with zero attached hydrogens (tertiary/aromatic N) is 4. The molecule has 10 heteroatoms. The average Bonchev–Trinajstić information content (AvgIpc) is 3.15. The fourth-order valence-electron chi connectivity index (χ4n) is 2.45. The van der Waals surface area contributed by atoms with Crippen LogP contribution >= 0.6 is 23.6 Å². The first-order valence-corrected chi connectivity index (χ1v) is 9.26. The van der Waals surface area contributed by atoms with Crippen LogP contribution in [0.1, 0.15) is 12.5 Å². The van der Waals surface area contributed by atoms with Gasteiger partial charge >= 0.3 is 6.03 Å². The number of nitrogens with one attached hydrogen (secondary N) is 1. The number of rotatable bonds is 5. The van der Waals surface area contributed by atoms with Crippen LogP contribution in [-0.4, -0.2) is 52.7 Å². The van der Waals surface area contributed by atoms with Crippen LogP contribution in [0.2, 0.25) is 0 Å². The molecule has 8 nitrogen and oxygen atoms in total. The van der Waals surface area contributed by atoms with Crippen molar-refractivity contribution in [2.24, 2.45) is 0 Å². The summed E-state index contributed by atoms with van der Waals surface area (Å²) in [7, 11) is 1.70. The Hall–Kier alpha value is -2.46. The molecule has 1 saturated heterocycles. The number of hydrogen-bond donors (Lipinski definition) is 1. The highest BCUT2D eigenvalue weighted by atomic mass is 32.1. The van der Waals surface area contributed by atoms with E-state index in [1.165, 1.54) is 16.2 Å². The number of aryl methyl sites for hydroxylation is 1. The predicted molar refractivity (Wildman–Crippen MR) is 104 cm³/mol. The third kappa shape index (κ3) is 3.86. The van der Waals surface area contributed by atoms with Crippen LogP contribution in [0.5, 0.6) is 5.19 Å². The normalized spacial score (nSPS) is 16.7. The van der Waals surface area contributed by atoms with Gasteiger partial charge in [-0.25, -0.2) is 9.69 Å². The SMILES string of the molecule is CCOc1nnc(N2C(=O)N(C)CC2OC(=S)Nc2ccccc2C)s1. The van der Waals surface area contributed by atoms with E-state index in [2.05, 4.69) is 15.5 Å². The van der Waals surface area contributed by atoms with E-state index in [0.717, 1.165) is 11.3 Å². The fraction of sp³-hybridized carbons (Fsp3) is 0.375. The number of anilines is 2. The van der Waals surface area contributed by atoms with Gasteiger partial charge in [0.2, 0.25) is 11.4 Å². The van der Waals surface area contributed by atoms with E-state index in [9.17, 15) is 4.79 Å². The van der Waals surface area contributed by atoms with Crippen molar-refractivity contribution in [1.82, 2.24) is 15.1 Å². The third-order valence-corrected chi connectivity index (χ3v) is 4.78. The van der Waals surface area contributed by atoms with Gasteiger partial charge in [-0.15, -0.1) is 5.10 Å². The number of ether oxygens (including phenoxy) is 2. The number of carbonyl (C=O) groups excluding carboxylic acids is 1. The van der Waals surface area contributed by atoms with Crippen molar-refractivity contribution < 1.29 is 14.3 Å². The summed E-state index contributed by atoms with van der Waals surface area (Å²) >= 11 is 6.50. The van der Waals surface area contributed by atoms with Crippen molar-refractivity contribution in [3.8, 4) is 5.19 Å². The highest BCUT2D eigenvalue weighted by molar-refractivity contribution is 7.80. The van der Waals surface area contributed by atoms with Crippen molar-refractivity contribution in [1.29, 1.82) is 0 Å². The summed E-state index contributed by atoms with van der Waals surface area (Å²) in [6, 6.07) is 7.51. The molecule has 2 aromatic rings. The molecule has 138 valence electrons. The van der Waals surface area contributed by atoms with Gasteiger partial charge in [-0.05, 0) is 49.0 Å². The molecule has 0 radical (unpaired) electrons. The molecule has 3 rings (SSSR count). The van der Waals surface area contributed by atoms with Crippen molar-refractivity contribution in [3.63, 3.8) is 0 Å². The predicted octanol–water partition coefficient (Wildman–Crippen LogP) is 2.86. The number of benzene rings is 1. The molecule has 1 fully saturated rings. The van der Waals surface area contributed by atoms with Gasteiger partial charge in [0.25, 0.3) is 10.4 Å². The minimum atomic E-state index is -0.598. The van der Waals surface area contributed by atoms with Gasteiger partial charge in [-0.1, -0.05) is 23.3 Å². The molecule has 1 aliphatic heterocycles. The summed E-state index contributed by atoms with van der Waals surface area (Å²) < 4.78 is 11.2. The van der Waals surface area contributed by atoms with Crippen molar-refractivity contribution in [3.05, 3.63) is 29.8 Å². The highest BCUT2D eigenvalue weighted by Gasteiger charge is 2.40. The first-order chi connectivity index (χ1) is 12.5. The number of aromatic nitrogens is 2. The largest absolute Gasteiger partial charge is 0.469 e. The number of urea groups is 1. The zero-order valence-electron chi connectivity index (χ0n) is 14.6. The zero-order valence-corrected chi connectivity index (χ0v) is 16.3. The Bertz CT molecular complexity index is 813. The lowest BCUT2D eigenvalue weighted by Crippen LogP contribution is -2.38. The van der Waals surface area contributed by atoms with Gasteiger partial charge in [-0.2, -0.15) is 0 Å². The summed E-state index contributed by atoms with van der Waals surface area (Å²) in [5, 5.41) is 12.0. The number of para-hydroxylation sites is 1. The van der Waals surface area contributed by atoms with Crippen LogP contribution in [-0.2, 0) is 4.74 Å². The maximum Gasteiger partial charge on any atom is 0.329 e. The monoisotopic (exact) mass is 393 g/mol. The molecule has 0 aliphatic carbocycles. The molecule has 0 saturated carbocycles. The van der Waals surface area contributed by atoms with E-state index < -0.39 is 6.23 Å². The van der Waals surface area contributed by atoms with E-state index in [-0.39, 0.29) is 11.2 Å². The van der Waals surface area contributed by atoms with Crippen LogP contribution in [0.15, 0.2) is 24.3 Å². The second-order valence-electron chi connectivity index (χ2n) is 5.62. The summed E-state index contributed by atoms with van der Waals surface area (Å²) in [4.78, 5) is 15.5. The Kier molecular flexibility index (Phi) is 5.52. The Morgan fingerprint density at radius 1 is 1.42 bits per heavy atom. The molecule has 2 amide bonds. The third-order valence-electron chi connectivity index (χ3n) is 3.75. The maximum absolute atomic E-state index is 12.5. The van der Waals surface area contributed by atoms with E-state index >= 15 is 0 Å². The Morgan fingerprint density at radius 3 is 2.92 bits per heavy atom. The zero-order chi connectivity index (χ0) is 18.7. The second-order valence-corrected chi connectivity index (χ2v) is 6.91. The van der Waals surface area contributed by atoms with Crippen molar-refractivity contribution in [2.75, 3.05) is 30.4 Å². The molecule has 1 aromatic heterocycles. The van der Waals surface area contributed by atoms with Crippen LogP contribution in [0.3, 0.4) is 0 Å². The Morgan fingerprint density at radius 2 is 2.19 bits per heavy atom. The van der Waals surface area contributed by atoms with Crippen LogP contribution in [0.4, 0.5) is 15.6 Å². The lowest BCUT2D eigenvalue weighted by molar-refractivity contribution is 0.201. The Labute approximate surface area is 160 Å². The minimum Gasteiger partial charge on any atom is -0.469 e. The molecule has 1 aliphatic rings. The van der Waals surface area contributed by atoms with E-state index in [1.807, 2.05) is 38.1 Å². The molecule has 1 N–H and O–H groups in total. The fourth-order valence-corrected chi connectivity index (χ4v) is 3.47. The number of hydrogen-bond acceptors (Lipinski definition) is 7. The average molecular weight is 393 g/mol. The first-order valence-electron chi connectivity index (χ1n) is 8.03. The summed E-state index contributed by atoms with van der Waals surface area (Å²) in [6.45, 7) is 4.67. The molecule has 0 bridgehead atoms. The molecular formula is C16H19N5O3S2. The maximum atomic E-state index is 12.5. The lowest BCUT2D eigenvalue weighted by Gasteiger charge is -2.21. The second kappa shape index (κ2) is 7.83. The van der Waals surface area contributed by atoms with Gasteiger partial charge in [0.1, 0.15) is 0 Å². The molecular weight excluding hydrogens is 374 g/mol. The van der Waals surface area contributed by atoms with Gasteiger partial charge in [0.05, 0.1) is 13.2 Å². The minimum absolute atomic E-state index is 0.187. The van der Waals surface area contributed by atoms with E-state index in [0.29, 0.717) is 23.5 Å². The van der Waals surface area contributed by atoms with Crippen molar-refractivity contribution in [2.45, 2.75) is 20.1 Å². The highest BCUT2D eigenvalue weighted by Crippen LogP contribution is 2.31. The Balaban J connectivity index is 1.73. The van der Waals surface area contributed by atoms with Gasteiger partial charge < -0.3 is 19.7 Å². The van der Waals surface area contributed by atoms with Gasteiger partial charge in [0.15, 0.2) is 0 Å². The summed E-state index contributed by atoms with van der Waals surface area (Å²) in [6.07, 6.45) is -0.598. The first kappa shape index (κ1) is 18.3. The quantitative estimate of drug-likeness (QED) is 0.783. The number of thiocarbonyl (C=S) groups is 1. The molecule has 0 spiro atoms. The van der Waals surface area contributed by atoms with E-state index in [1.54, 1.807) is 11.9 Å². The van der Waals surface area contributed by atoms with Crippen LogP contribution in [0.25, 0.3) is 0 Å². The van der Waals surface area contributed by atoms with Gasteiger partial charge in [0, 0.05) is 12.7 Å². The number of amides is 2. The standard InChI is InChI=1S/C16H19N5O3S2/c1-4-23-15-19-18-13(26-15)21-12(9-20(3)16(21)22)24-14(25)17-11-8-6-5-7-10(11)2/h5-8,12H,4,9H2,1-3H3,(H,17,25). The van der Waals surface area contributed by atoms with Gasteiger partial charge in [-0.3, -0.25) is 0 Å². The molecule has 2 heterocycles. The molecule has 1 unspecified atom stereocenters. The van der Waals surface area contributed by atoms with E-state index in [4.69, 9.17) is 21.7 Å². The number of carbonyl (C=O) groups is 1. The summed E-state index contributed by atoms with van der Waals surface area (Å²) in [5.41, 5.74) is 1.90. The van der Waals surface area contributed by atoms with Crippen molar-refractivity contribution >= 4 is 45.6 Å². The molecule has 1 aromatic carbocycles. The van der Waals surface area contributed by atoms with Crippen LogP contribution in [0, 0.1) is 6.92 Å². The lowest BCUT2D eigenvalue weighted by atomic mass is 10.2. The smallest absolute Gasteiger partial charge is 0.329 e. The topological polar surface area (TPSA) is 79.8 Å². The molecule has 1 atom stereocenters. The molecule has 26 heavy (non-hydrogen) atoms. The summed E-state index contributed by atoms with van der Waals surface area (Å²) in [5.74, 6) is 0. The number of likely N-dealkylation sites (N-methyl/N-ethyl adjacent to an activating group) is 1.